The molecule has 0 aliphatic rings. The lowest BCUT2D eigenvalue weighted by molar-refractivity contribution is 0.471. The van der Waals surface area contributed by atoms with Crippen LogP contribution < -0.4 is 0 Å². The van der Waals surface area contributed by atoms with Gasteiger partial charge >= 0.3 is 0 Å². The fourth-order valence-electron chi connectivity index (χ4n) is 0.890. The highest BCUT2D eigenvalue weighted by Crippen LogP contribution is 2.10. The van der Waals surface area contributed by atoms with Gasteiger partial charge in [-0.2, -0.15) is 5.10 Å². The van der Waals surface area contributed by atoms with Crippen molar-refractivity contribution in [3.05, 3.63) is 36.7 Å². The van der Waals surface area contributed by atoms with E-state index < -0.39 is 0 Å². The second kappa shape index (κ2) is 3.65. The summed E-state index contributed by atoms with van der Waals surface area (Å²) in [5.41, 5.74) is 0.591. The van der Waals surface area contributed by atoms with E-state index in [-0.39, 0.29) is 5.75 Å². The molecule has 0 bridgehead atoms. The summed E-state index contributed by atoms with van der Waals surface area (Å²) in [4.78, 5) is 3.75. The van der Waals surface area contributed by atoms with Gasteiger partial charge in [-0.25, -0.2) is 4.68 Å². The lowest BCUT2D eigenvalue weighted by atomic mass is 10.3. The number of hydrogen-bond donors (Lipinski definition) is 1. The molecule has 14 heavy (non-hydrogen) atoms. The van der Waals surface area contributed by atoms with Gasteiger partial charge in [0.05, 0.1) is 12.4 Å². The summed E-state index contributed by atoms with van der Waals surface area (Å²) < 4.78 is 1.43. The van der Waals surface area contributed by atoms with Gasteiger partial charge in [-0.15, -0.1) is 10.2 Å². The van der Waals surface area contributed by atoms with Crippen LogP contribution in [0.2, 0.25) is 0 Å². The normalized spacial score (nSPS) is 10.9. The molecule has 2 aromatic rings. The van der Waals surface area contributed by atoms with Gasteiger partial charge in [-0.1, -0.05) is 0 Å². The Morgan fingerprint density at radius 3 is 2.86 bits per heavy atom. The van der Waals surface area contributed by atoms with Gasteiger partial charge in [0.15, 0.2) is 0 Å². The van der Waals surface area contributed by atoms with Crippen LogP contribution in [-0.2, 0) is 0 Å². The molecule has 6 nitrogen and oxygen atoms in total. The van der Waals surface area contributed by atoms with Gasteiger partial charge < -0.3 is 5.11 Å². The molecule has 0 atom stereocenters. The Bertz CT molecular complexity index is 437. The summed E-state index contributed by atoms with van der Waals surface area (Å²) in [6.45, 7) is 0. The van der Waals surface area contributed by atoms with Gasteiger partial charge in [0.1, 0.15) is 18.4 Å². The summed E-state index contributed by atoms with van der Waals surface area (Å²) in [5.74, 6) is 0.0873. The molecule has 0 aliphatic heterocycles. The third-order valence-electron chi connectivity index (χ3n) is 1.57. The van der Waals surface area contributed by atoms with Crippen molar-refractivity contribution in [2.24, 2.45) is 5.10 Å². The highest BCUT2D eigenvalue weighted by Gasteiger charge is 1.95. The third-order valence-corrected chi connectivity index (χ3v) is 1.57. The molecule has 2 aromatic heterocycles. The van der Waals surface area contributed by atoms with Crippen LogP contribution >= 0.6 is 0 Å². The van der Waals surface area contributed by atoms with Gasteiger partial charge in [-0.3, -0.25) is 4.98 Å². The zero-order chi connectivity index (χ0) is 9.80. The second-order valence-electron chi connectivity index (χ2n) is 2.52. The average molecular weight is 189 g/mol. The maximum Gasteiger partial charge on any atom is 0.142 e. The lowest BCUT2D eigenvalue weighted by Gasteiger charge is -1.95. The molecule has 70 valence electrons. The summed E-state index contributed by atoms with van der Waals surface area (Å²) >= 11 is 0. The summed E-state index contributed by atoms with van der Waals surface area (Å²) in [6.07, 6.45) is 7.34. The average Bonchev–Trinajstić information content (AvgIpc) is 2.69. The molecule has 2 rings (SSSR count). The van der Waals surface area contributed by atoms with E-state index >= 15 is 0 Å². The van der Waals surface area contributed by atoms with Crippen LogP contribution in [0.1, 0.15) is 5.56 Å². The van der Waals surface area contributed by atoms with E-state index in [2.05, 4.69) is 20.3 Å². The molecular weight excluding hydrogens is 182 g/mol. The molecule has 0 fully saturated rings. The third kappa shape index (κ3) is 1.74. The Labute approximate surface area is 79.6 Å². The van der Waals surface area contributed by atoms with Crippen molar-refractivity contribution in [1.82, 2.24) is 19.9 Å². The minimum atomic E-state index is 0.0873. The molecule has 0 aromatic carbocycles. The van der Waals surface area contributed by atoms with Crippen LogP contribution in [-0.4, -0.2) is 31.2 Å². The van der Waals surface area contributed by atoms with Crippen LogP contribution in [0.3, 0.4) is 0 Å². The predicted octanol–water partition coefficient (Wildman–Crippen LogP) is 0.261. The van der Waals surface area contributed by atoms with Gasteiger partial charge in [0, 0.05) is 11.8 Å². The van der Waals surface area contributed by atoms with Crippen molar-refractivity contribution in [1.29, 1.82) is 0 Å². The molecule has 2 heterocycles. The largest absolute Gasteiger partial charge is 0.506 e. The van der Waals surface area contributed by atoms with Crippen LogP contribution in [0.15, 0.2) is 36.2 Å². The number of pyridine rings is 1. The molecule has 0 aliphatic carbocycles. The SMILES string of the molecule is Oc1cnccc1/C=N/n1cnnc1. The minimum absolute atomic E-state index is 0.0873. The number of aromatic hydroxyl groups is 1. The second-order valence-corrected chi connectivity index (χ2v) is 2.52. The fourth-order valence-corrected chi connectivity index (χ4v) is 0.890. The molecule has 6 heteroatoms. The van der Waals surface area contributed by atoms with E-state index in [9.17, 15) is 5.11 Å². The molecule has 0 saturated carbocycles. The highest BCUT2D eigenvalue weighted by atomic mass is 16.3. The van der Waals surface area contributed by atoms with E-state index in [1.807, 2.05) is 0 Å². The van der Waals surface area contributed by atoms with Gasteiger partial charge in [-0.05, 0) is 6.07 Å². The van der Waals surface area contributed by atoms with Crippen molar-refractivity contribution < 1.29 is 5.11 Å². The number of hydrogen-bond acceptors (Lipinski definition) is 5. The first-order valence-electron chi connectivity index (χ1n) is 3.88. The minimum Gasteiger partial charge on any atom is -0.506 e. The number of aromatic nitrogens is 4. The van der Waals surface area contributed by atoms with Crippen LogP contribution in [0.5, 0.6) is 5.75 Å². The van der Waals surface area contributed by atoms with Crippen molar-refractivity contribution in [3.8, 4) is 5.75 Å². The van der Waals surface area contributed by atoms with Gasteiger partial charge in [0.2, 0.25) is 0 Å². The Balaban J connectivity index is 2.23. The molecule has 0 saturated heterocycles. The van der Waals surface area contributed by atoms with Crippen molar-refractivity contribution in [2.75, 3.05) is 0 Å². The first kappa shape index (κ1) is 8.36. The fraction of sp³-hybridized carbons (Fsp3) is 0. The molecule has 0 spiro atoms. The Hall–Kier alpha value is -2.24. The maximum atomic E-state index is 9.34. The first-order chi connectivity index (χ1) is 6.86. The molecule has 1 N–H and O–H groups in total. The van der Waals surface area contributed by atoms with E-state index in [0.717, 1.165) is 0 Å². The summed E-state index contributed by atoms with van der Waals surface area (Å²) in [6, 6.07) is 1.66. The van der Waals surface area contributed by atoms with Gasteiger partial charge in [0.25, 0.3) is 0 Å². The van der Waals surface area contributed by atoms with Crippen LogP contribution in [0.25, 0.3) is 0 Å². The van der Waals surface area contributed by atoms with E-state index in [1.165, 1.54) is 29.7 Å². The Kier molecular flexibility index (Phi) is 2.18. The molecular formula is C8H7N5O. The summed E-state index contributed by atoms with van der Waals surface area (Å²) in [5, 5.41) is 20.5. The van der Waals surface area contributed by atoms with Crippen LogP contribution in [0, 0.1) is 0 Å². The van der Waals surface area contributed by atoms with Crippen molar-refractivity contribution in [2.45, 2.75) is 0 Å². The highest BCUT2D eigenvalue weighted by molar-refractivity contribution is 5.82. The van der Waals surface area contributed by atoms with E-state index in [4.69, 9.17) is 0 Å². The quantitative estimate of drug-likeness (QED) is 0.687. The Morgan fingerprint density at radius 1 is 1.36 bits per heavy atom. The zero-order valence-electron chi connectivity index (χ0n) is 7.15. The number of nitrogens with zero attached hydrogens (tertiary/aromatic N) is 5. The first-order valence-corrected chi connectivity index (χ1v) is 3.88. The molecule has 0 amide bonds. The lowest BCUT2D eigenvalue weighted by Crippen LogP contribution is -1.88. The number of rotatable bonds is 2. The summed E-state index contributed by atoms with van der Waals surface area (Å²) in [7, 11) is 0. The van der Waals surface area contributed by atoms with Crippen LogP contribution in [0.4, 0.5) is 0 Å². The maximum absolute atomic E-state index is 9.34. The van der Waals surface area contributed by atoms with E-state index in [0.29, 0.717) is 5.56 Å². The monoisotopic (exact) mass is 189 g/mol. The Morgan fingerprint density at radius 2 is 2.14 bits per heavy atom. The zero-order valence-corrected chi connectivity index (χ0v) is 7.15. The predicted molar refractivity (Wildman–Crippen MR) is 48.9 cm³/mol. The molecule has 0 radical (unpaired) electrons. The topological polar surface area (TPSA) is 76.2 Å². The van der Waals surface area contributed by atoms with Crippen molar-refractivity contribution >= 4 is 6.21 Å². The van der Waals surface area contributed by atoms with Crippen molar-refractivity contribution in [3.63, 3.8) is 0 Å². The smallest absolute Gasteiger partial charge is 0.142 e. The standard InChI is InChI=1S/C8H7N5O/c14-8-4-9-2-1-7(8)3-12-13-5-10-11-6-13/h1-6,14H/b12-3+. The molecule has 0 unspecified atom stereocenters. The van der Waals surface area contributed by atoms with E-state index in [1.54, 1.807) is 12.3 Å².